The van der Waals surface area contributed by atoms with Crippen molar-refractivity contribution in [3.8, 4) is 0 Å². The second-order valence-corrected chi connectivity index (χ2v) is 30.7. The highest BCUT2D eigenvalue weighted by Crippen LogP contribution is 2.32. The summed E-state index contributed by atoms with van der Waals surface area (Å²) in [6.45, 7) is 62.1. The molecular weight excluding hydrogens is 1540 g/mol. The molecule has 24 nitrogen and oxygen atoms in total. The molecule has 0 heterocycles. The van der Waals surface area contributed by atoms with Gasteiger partial charge in [0.15, 0.2) is 0 Å². The van der Waals surface area contributed by atoms with Gasteiger partial charge in [0.2, 0.25) is 0 Å². The van der Waals surface area contributed by atoms with Crippen molar-refractivity contribution in [1.82, 2.24) is 0 Å². The van der Waals surface area contributed by atoms with Gasteiger partial charge >= 0.3 is 0 Å². The minimum Gasteiger partial charge on any atom is -0.300 e. The van der Waals surface area contributed by atoms with E-state index in [2.05, 4.69) is 0 Å². The van der Waals surface area contributed by atoms with E-state index in [-0.39, 0.29) is 207 Å². The molecule has 0 aromatic carbocycles. The van der Waals surface area contributed by atoms with Crippen molar-refractivity contribution < 1.29 is 115 Å². The van der Waals surface area contributed by atoms with E-state index in [1.165, 1.54) is 62.3 Å². The number of hydrogen-bond acceptors (Lipinski definition) is 24. The van der Waals surface area contributed by atoms with Crippen LogP contribution in [0.5, 0.6) is 0 Å². The predicted octanol–water partition coefficient (Wildman–Crippen LogP) is 19.4. The minimum absolute atomic E-state index is 0.00523. The van der Waals surface area contributed by atoms with E-state index < -0.39 is 22.2 Å². The topological polar surface area (TPSA) is 410 Å². The highest BCUT2D eigenvalue weighted by atomic mass is 16.2. The summed E-state index contributed by atoms with van der Waals surface area (Å²) < 4.78 is 0. The summed E-state index contributed by atoms with van der Waals surface area (Å²) in [6, 6.07) is 0. The molecule has 696 valence electrons. The first-order chi connectivity index (χ1) is 55.1. The monoisotopic (exact) mass is 1710 g/mol. The van der Waals surface area contributed by atoms with Gasteiger partial charge in [0.25, 0.3) is 0 Å². The number of hydrogen-bond donors (Lipinski definition) is 0. The SMILES string of the molecule is CC(=O)C(C)(C)C(C)=O.CC(=O)C(C)C(C)=O.CC(=O)CC(=O)C(C)C.CC(C)C(=O)CC(=O)C(C)C.CCC(=O)C(CC)(CC)C(=O)CC.CCC(=O)C(CC)(CC)C(C)=O.CCC(=O)C(CC)C(=O)CC.CCC(=O)C(CC)C(C)=O.CCC(=O)CC(=O)CC.CCC(=O)CC(C)=O.CCCC(=O)CC(=O)CCC.CCCC(=O)CC(C)=O. The van der Waals surface area contributed by atoms with Crippen LogP contribution in [0.3, 0.4) is 0 Å². The third-order valence-electron chi connectivity index (χ3n) is 19.3. The fourth-order valence-corrected chi connectivity index (χ4v) is 9.70. The van der Waals surface area contributed by atoms with Crippen molar-refractivity contribution in [3.63, 3.8) is 0 Å². The molecule has 0 aliphatic carbocycles. The Hall–Kier alpha value is -7.92. The Balaban J connectivity index is -0.000000106. The van der Waals surface area contributed by atoms with Crippen molar-refractivity contribution in [2.24, 2.45) is 51.8 Å². The average Bonchev–Trinajstić information content (AvgIpc) is 0.829. The molecular formula is C96H168O24. The fourth-order valence-electron chi connectivity index (χ4n) is 9.70. The average molecular weight is 1710 g/mol. The molecule has 0 saturated carbocycles. The van der Waals surface area contributed by atoms with Crippen LogP contribution in [0.25, 0.3) is 0 Å². The van der Waals surface area contributed by atoms with Gasteiger partial charge in [-0.05, 0) is 141 Å². The second-order valence-electron chi connectivity index (χ2n) is 30.7. The molecule has 0 amide bonds. The second kappa shape index (κ2) is 83.3. The summed E-state index contributed by atoms with van der Waals surface area (Å²) in [5, 5.41) is 0. The molecule has 0 N–H and O–H groups in total. The maximum Gasteiger partial charge on any atom is 0.146 e. The van der Waals surface area contributed by atoms with Crippen molar-refractivity contribution in [1.29, 1.82) is 0 Å². The Labute approximate surface area is 724 Å². The molecule has 0 aliphatic heterocycles. The summed E-state index contributed by atoms with van der Waals surface area (Å²) in [7, 11) is 0. The molecule has 0 bridgehead atoms. The molecule has 0 rings (SSSR count). The van der Waals surface area contributed by atoms with Gasteiger partial charge in [-0.2, -0.15) is 0 Å². The van der Waals surface area contributed by atoms with E-state index in [0.29, 0.717) is 116 Å². The number of rotatable bonds is 48. The Kier molecular flexibility index (Phi) is 95.9. The molecule has 0 aromatic heterocycles. The van der Waals surface area contributed by atoms with Crippen LogP contribution < -0.4 is 0 Å². The maximum atomic E-state index is 11.7. The van der Waals surface area contributed by atoms with Crippen LogP contribution in [-0.2, 0) is 115 Å². The number of ketones is 24. The Morgan fingerprint density at radius 3 is 0.608 bits per heavy atom. The third-order valence-corrected chi connectivity index (χ3v) is 19.3. The maximum absolute atomic E-state index is 11.7. The Morgan fingerprint density at radius 1 is 0.233 bits per heavy atom. The smallest absolute Gasteiger partial charge is 0.146 e. The quantitative estimate of drug-likeness (QED) is 0.0511. The van der Waals surface area contributed by atoms with Gasteiger partial charge in [-0.25, -0.2) is 0 Å². The molecule has 120 heavy (non-hydrogen) atoms. The van der Waals surface area contributed by atoms with E-state index in [0.717, 1.165) is 19.3 Å². The lowest BCUT2D eigenvalue weighted by Crippen LogP contribution is -2.37. The summed E-state index contributed by atoms with van der Waals surface area (Å²) in [6.07, 6.45) is 13.0. The van der Waals surface area contributed by atoms with Crippen LogP contribution in [0.1, 0.15) is 423 Å². The molecule has 0 radical (unpaired) electrons. The zero-order valence-electron chi connectivity index (χ0n) is 81.9. The molecule has 0 aromatic rings. The largest absolute Gasteiger partial charge is 0.300 e. The van der Waals surface area contributed by atoms with Gasteiger partial charge in [-0.3, -0.25) is 115 Å². The Morgan fingerprint density at radius 2 is 0.467 bits per heavy atom. The molecule has 0 aliphatic rings. The fraction of sp³-hybridized carbons (Fsp3) is 0.750. The normalized spacial score (nSPS) is 10.4. The molecule has 1 unspecified atom stereocenters. The lowest BCUT2D eigenvalue weighted by atomic mass is 9.73. The predicted molar refractivity (Wildman–Crippen MR) is 477 cm³/mol. The molecule has 24 heteroatoms. The van der Waals surface area contributed by atoms with Gasteiger partial charge in [-0.15, -0.1) is 0 Å². The van der Waals surface area contributed by atoms with Gasteiger partial charge in [0, 0.05) is 94.8 Å². The van der Waals surface area contributed by atoms with E-state index in [9.17, 15) is 115 Å². The minimum atomic E-state index is -0.778. The highest BCUT2D eigenvalue weighted by molar-refractivity contribution is 6.08. The highest BCUT2D eigenvalue weighted by Gasteiger charge is 2.40. The molecule has 0 saturated heterocycles. The summed E-state index contributed by atoms with van der Waals surface area (Å²) >= 11 is 0. The van der Waals surface area contributed by atoms with E-state index >= 15 is 0 Å². The van der Waals surface area contributed by atoms with Crippen molar-refractivity contribution >= 4 is 139 Å². The number of carbonyl (C=O) groups is 24. The molecule has 0 fully saturated rings. The van der Waals surface area contributed by atoms with Gasteiger partial charge < -0.3 is 0 Å². The number of Topliss-reactive ketones (excluding diaryl/α,β-unsaturated/α-hetero) is 24. The first kappa shape index (κ1) is 138. The lowest BCUT2D eigenvalue weighted by molar-refractivity contribution is -0.142. The van der Waals surface area contributed by atoms with Crippen LogP contribution >= 0.6 is 0 Å². The Bertz CT molecular complexity index is 3040. The zero-order valence-corrected chi connectivity index (χ0v) is 81.9. The zero-order chi connectivity index (χ0) is 97.9. The number of carbonyl (C=O) groups excluding carboxylic acids is 24. The first-order valence-electron chi connectivity index (χ1n) is 43.5. The van der Waals surface area contributed by atoms with Crippen molar-refractivity contribution in [2.45, 2.75) is 423 Å². The van der Waals surface area contributed by atoms with E-state index in [4.69, 9.17) is 0 Å². The van der Waals surface area contributed by atoms with E-state index in [1.54, 1.807) is 76.2 Å². The van der Waals surface area contributed by atoms with Gasteiger partial charge in [-0.1, -0.05) is 166 Å². The van der Waals surface area contributed by atoms with Crippen LogP contribution in [0.2, 0.25) is 0 Å². The molecule has 1 atom stereocenters. The van der Waals surface area contributed by atoms with Gasteiger partial charge in [0.05, 0.1) is 72.5 Å². The van der Waals surface area contributed by atoms with Crippen LogP contribution in [0, 0.1) is 51.8 Å². The first-order valence-corrected chi connectivity index (χ1v) is 43.5. The van der Waals surface area contributed by atoms with Crippen molar-refractivity contribution in [2.75, 3.05) is 0 Å². The van der Waals surface area contributed by atoms with Gasteiger partial charge in [0.1, 0.15) is 139 Å². The molecule has 0 spiro atoms. The van der Waals surface area contributed by atoms with Crippen LogP contribution in [-0.4, -0.2) is 139 Å². The summed E-state index contributed by atoms with van der Waals surface area (Å²) in [5.41, 5.74) is -2.14. The standard InChI is InChI=1S/C11H20O2.C10H18O2.3C9H16O2.C8H14O2.4C7H12O2.2C6H10O2/c1-5-9(12)11(7-3,8-4)10(13)6-2;1-5-9(12)10(6-2,7-3)8(4)11;1-6(2)8(10)5-9(11)7(3)4;1-4-7(8(10)5-2)9(11)6-3;1-3-5-8(10)7-9(11)6-4-2;1-4-7(6(3)9)8(10)5-2;1-5(8)7(3,4)6(2)9;1-5(2)7(9)4-6(3)8;1-3-4-7(9)5-6(2)8;1-3-6(8)5-7(9)4-2;1-4(5(2)7)6(3)8;1-3-6(8)4-5(2)7/h5-8H2,1-4H3;5-7H2,1-4H3;6-7H,5H2,1-4H3;7H,4-6H2,1-3H3;3-7H2,1-2H3;7H,4-5H2,1-3H3;1-4H3;5H,4H2,1-3H3;2*3-5H2,1-2H3;4H,1-3H3;3-4H2,1-2H3. The van der Waals surface area contributed by atoms with E-state index in [1.807, 2.05) is 111 Å². The summed E-state index contributed by atoms with van der Waals surface area (Å²) in [4.78, 5) is 260. The van der Waals surface area contributed by atoms with Crippen LogP contribution in [0.4, 0.5) is 0 Å². The summed E-state index contributed by atoms with van der Waals surface area (Å²) in [5.74, 6) is -0.512. The third kappa shape index (κ3) is 76.2. The van der Waals surface area contributed by atoms with Crippen molar-refractivity contribution in [3.05, 3.63) is 0 Å². The lowest BCUT2D eigenvalue weighted by Gasteiger charge is -2.27. The van der Waals surface area contributed by atoms with Crippen LogP contribution in [0.15, 0.2) is 0 Å².